The van der Waals surface area contributed by atoms with Gasteiger partial charge in [0.2, 0.25) is 5.95 Å². The number of pyridine rings is 1. The third kappa shape index (κ3) is 6.74. The average Bonchev–Trinajstić information content (AvgIpc) is 3.44. The number of rotatable bonds is 10. The smallest absolute Gasteiger partial charge is 0.257 e. The molecule has 35 heavy (non-hydrogen) atoms. The van der Waals surface area contributed by atoms with Crippen LogP contribution in [-0.2, 0) is 16.1 Å². The predicted octanol–water partition coefficient (Wildman–Crippen LogP) is 3.62. The maximum atomic E-state index is 12.0. The molecule has 4 heterocycles. The van der Waals surface area contributed by atoms with Crippen molar-refractivity contribution in [3.63, 3.8) is 0 Å². The van der Waals surface area contributed by atoms with Crippen LogP contribution in [0.4, 0.5) is 5.95 Å². The lowest BCUT2D eigenvalue weighted by atomic mass is 9.97. The Morgan fingerprint density at radius 2 is 2.09 bits per heavy atom. The Balaban J connectivity index is 1.30. The molecule has 1 aliphatic rings. The summed E-state index contributed by atoms with van der Waals surface area (Å²) >= 11 is 2.52. The van der Waals surface area contributed by atoms with Gasteiger partial charge in [-0.25, -0.2) is 9.97 Å². The van der Waals surface area contributed by atoms with Crippen LogP contribution in [-0.4, -0.2) is 53.2 Å². The second kappa shape index (κ2) is 12.6. The largest absolute Gasteiger partial charge is 0.355 e. The van der Waals surface area contributed by atoms with Gasteiger partial charge in [0.05, 0.1) is 16.3 Å². The van der Waals surface area contributed by atoms with E-state index in [1.54, 1.807) is 29.7 Å². The average molecular weight is 509 g/mol. The maximum Gasteiger partial charge on any atom is 0.257 e. The fraction of sp³-hybridized carbons (Fsp3) is 0.320. The van der Waals surface area contributed by atoms with Crippen LogP contribution in [0.3, 0.4) is 0 Å². The molecule has 0 aliphatic carbocycles. The van der Waals surface area contributed by atoms with Gasteiger partial charge >= 0.3 is 0 Å². The Morgan fingerprint density at radius 1 is 1.23 bits per heavy atom. The molecule has 10 heteroatoms. The molecule has 1 fully saturated rings. The number of nitrogens with one attached hydrogen (secondary N) is 2. The van der Waals surface area contributed by atoms with Gasteiger partial charge in [-0.1, -0.05) is 6.07 Å². The first kappa shape index (κ1) is 25.0. The molecule has 0 radical (unpaired) electrons. The first-order valence-corrected chi connectivity index (χ1v) is 13.3. The molecule has 0 aromatic carbocycles. The topological polar surface area (TPSA) is 100 Å². The summed E-state index contributed by atoms with van der Waals surface area (Å²) in [4.78, 5) is 38.9. The quantitative estimate of drug-likeness (QED) is 0.316. The number of carbonyl (C=O) groups excluding carboxylic acids is 2. The normalized spacial score (nSPS) is 14.7. The van der Waals surface area contributed by atoms with Crippen molar-refractivity contribution in [3.8, 4) is 11.3 Å². The van der Waals surface area contributed by atoms with Crippen LogP contribution in [0.25, 0.3) is 17.3 Å². The molecule has 4 rings (SSSR count). The van der Waals surface area contributed by atoms with Gasteiger partial charge in [-0.15, -0.1) is 0 Å². The van der Waals surface area contributed by atoms with Crippen molar-refractivity contribution in [1.29, 1.82) is 0 Å². The molecule has 0 bridgehead atoms. The van der Waals surface area contributed by atoms with E-state index in [0.29, 0.717) is 28.1 Å². The molecule has 1 amide bonds. The van der Waals surface area contributed by atoms with Gasteiger partial charge in [0.25, 0.3) is 5.91 Å². The molecule has 3 aromatic rings. The third-order valence-electron chi connectivity index (χ3n) is 5.90. The van der Waals surface area contributed by atoms with Gasteiger partial charge in [0.15, 0.2) is 5.62 Å². The SMILES string of the molecule is CNC(=O)/C(=C/c1ccnc(N2CCC(CNCc3cccnc3-c3ccsc3)CC2)n1)SC=O. The Hall–Kier alpha value is -3.08. The monoisotopic (exact) mass is 508 g/mol. The molecule has 0 spiro atoms. The van der Waals surface area contributed by atoms with Crippen molar-refractivity contribution in [3.05, 3.63) is 63.6 Å². The Labute approximate surface area is 213 Å². The van der Waals surface area contributed by atoms with E-state index in [1.807, 2.05) is 12.3 Å². The molecule has 0 unspecified atom stereocenters. The van der Waals surface area contributed by atoms with Gasteiger partial charge in [0, 0.05) is 50.0 Å². The number of likely N-dealkylation sites (N-methyl/N-ethyl adjacent to an activating group) is 1. The number of thiophene rings is 1. The number of hydrogen-bond acceptors (Lipinski definition) is 9. The van der Waals surface area contributed by atoms with Gasteiger partial charge in [0.1, 0.15) is 0 Å². The van der Waals surface area contributed by atoms with Crippen LogP contribution in [0, 0.1) is 5.92 Å². The van der Waals surface area contributed by atoms with Crippen LogP contribution >= 0.6 is 23.1 Å². The zero-order chi connectivity index (χ0) is 24.5. The molecule has 2 N–H and O–H groups in total. The maximum absolute atomic E-state index is 12.0. The fourth-order valence-electron chi connectivity index (χ4n) is 4.05. The van der Waals surface area contributed by atoms with Crippen molar-refractivity contribution in [2.75, 3.05) is 31.6 Å². The Bertz CT molecular complexity index is 1160. The van der Waals surface area contributed by atoms with E-state index in [9.17, 15) is 9.59 Å². The van der Waals surface area contributed by atoms with Gasteiger partial charge < -0.3 is 15.5 Å². The zero-order valence-corrected chi connectivity index (χ0v) is 21.1. The number of aromatic nitrogens is 3. The number of anilines is 1. The van der Waals surface area contributed by atoms with Crippen molar-refractivity contribution in [2.24, 2.45) is 5.92 Å². The minimum absolute atomic E-state index is 0.299. The standard InChI is InChI=1S/C25H28N6O2S2/c1-26-24(33)22(35-17-32)13-21-4-9-29-25(30-21)31-10-5-18(6-11-31)14-27-15-19-3-2-8-28-23(19)20-7-12-34-16-20/h2-4,7-9,12-13,16-18,27H,5-6,10-11,14-15H2,1H3,(H,26,33)/b22-13-. The highest BCUT2D eigenvalue weighted by molar-refractivity contribution is 8.16. The number of carbonyl (C=O) groups is 2. The lowest BCUT2D eigenvalue weighted by Gasteiger charge is -2.32. The fourth-order valence-corrected chi connectivity index (χ4v) is 5.19. The van der Waals surface area contributed by atoms with E-state index >= 15 is 0 Å². The summed E-state index contributed by atoms with van der Waals surface area (Å²) in [6, 6.07) is 7.97. The van der Waals surface area contributed by atoms with E-state index < -0.39 is 0 Å². The van der Waals surface area contributed by atoms with E-state index in [2.05, 4.69) is 53.4 Å². The minimum atomic E-state index is -0.315. The first-order chi connectivity index (χ1) is 17.2. The molecular weight excluding hydrogens is 480 g/mol. The number of hydrogen-bond donors (Lipinski definition) is 2. The van der Waals surface area contributed by atoms with Gasteiger partial charge in [-0.05, 0) is 72.3 Å². The first-order valence-electron chi connectivity index (χ1n) is 11.5. The molecular formula is C25H28N6O2S2. The van der Waals surface area contributed by atoms with Crippen molar-refractivity contribution in [2.45, 2.75) is 19.4 Å². The van der Waals surface area contributed by atoms with Crippen molar-refractivity contribution >= 4 is 46.6 Å². The van der Waals surface area contributed by atoms with Crippen molar-refractivity contribution < 1.29 is 9.59 Å². The number of piperidine rings is 1. The second-order valence-corrected chi connectivity index (χ2v) is 9.82. The third-order valence-corrected chi connectivity index (χ3v) is 7.24. The lowest BCUT2D eigenvalue weighted by molar-refractivity contribution is -0.116. The summed E-state index contributed by atoms with van der Waals surface area (Å²) in [5, 5.41) is 10.4. The van der Waals surface area contributed by atoms with Crippen LogP contribution in [0.5, 0.6) is 0 Å². The summed E-state index contributed by atoms with van der Waals surface area (Å²) in [6.07, 6.45) is 7.24. The summed E-state index contributed by atoms with van der Waals surface area (Å²) in [5.74, 6) is 0.914. The summed E-state index contributed by atoms with van der Waals surface area (Å²) < 4.78 is 0. The molecule has 0 atom stereocenters. The highest BCUT2D eigenvalue weighted by Gasteiger charge is 2.21. The molecule has 1 saturated heterocycles. The van der Waals surface area contributed by atoms with Gasteiger partial charge in [-0.2, -0.15) is 11.3 Å². The summed E-state index contributed by atoms with van der Waals surface area (Å²) in [7, 11) is 1.53. The zero-order valence-electron chi connectivity index (χ0n) is 19.5. The van der Waals surface area contributed by atoms with E-state index in [-0.39, 0.29) is 5.91 Å². The molecule has 1 aliphatic heterocycles. The van der Waals surface area contributed by atoms with Crippen LogP contribution < -0.4 is 15.5 Å². The predicted molar refractivity (Wildman–Crippen MR) is 143 cm³/mol. The minimum Gasteiger partial charge on any atom is -0.355 e. The molecule has 3 aromatic heterocycles. The Kier molecular flexibility index (Phi) is 8.99. The Morgan fingerprint density at radius 3 is 2.83 bits per heavy atom. The van der Waals surface area contributed by atoms with Gasteiger partial charge in [-0.3, -0.25) is 14.6 Å². The summed E-state index contributed by atoms with van der Waals surface area (Å²) in [6.45, 7) is 3.49. The van der Waals surface area contributed by atoms with E-state index in [0.717, 1.165) is 56.5 Å². The molecule has 182 valence electrons. The molecule has 8 nitrogen and oxygen atoms in total. The number of nitrogens with zero attached hydrogens (tertiary/aromatic N) is 4. The van der Waals surface area contributed by atoms with E-state index in [4.69, 9.17) is 0 Å². The van der Waals surface area contributed by atoms with E-state index in [1.165, 1.54) is 18.2 Å². The van der Waals surface area contributed by atoms with Crippen LogP contribution in [0.1, 0.15) is 24.1 Å². The second-order valence-electron chi connectivity index (χ2n) is 8.17. The number of thioether (sulfide) groups is 1. The molecule has 0 saturated carbocycles. The summed E-state index contributed by atoms with van der Waals surface area (Å²) in [5.41, 5.74) is 4.67. The van der Waals surface area contributed by atoms with Crippen LogP contribution in [0.15, 0.2) is 52.3 Å². The van der Waals surface area contributed by atoms with Crippen LogP contribution in [0.2, 0.25) is 0 Å². The highest BCUT2D eigenvalue weighted by Crippen LogP contribution is 2.25. The highest BCUT2D eigenvalue weighted by atomic mass is 32.2. The number of amides is 1. The lowest BCUT2D eigenvalue weighted by Crippen LogP contribution is -2.38. The van der Waals surface area contributed by atoms with Crippen molar-refractivity contribution in [1.82, 2.24) is 25.6 Å².